The van der Waals surface area contributed by atoms with Gasteiger partial charge in [0, 0.05) is 23.7 Å². The normalized spacial score (nSPS) is 11.9. The molecule has 0 bridgehead atoms. The summed E-state index contributed by atoms with van der Waals surface area (Å²) in [5.74, 6) is 0. The van der Waals surface area contributed by atoms with Gasteiger partial charge >= 0.3 is 0 Å². The first-order valence-corrected chi connectivity index (χ1v) is 12.2. The van der Waals surface area contributed by atoms with Gasteiger partial charge in [-0.2, -0.15) is 5.10 Å². The molecule has 2 aromatic heterocycles. The van der Waals surface area contributed by atoms with Crippen molar-refractivity contribution in [3.63, 3.8) is 0 Å². The third-order valence-electron chi connectivity index (χ3n) is 5.69. The number of nitrogens with two attached hydrogens (primary N) is 1. The second-order valence-corrected chi connectivity index (χ2v) is 9.43. The molecule has 7 nitrogen and oxygen atoms in total. The zero-order valence-electron chi connectivity index (χ0n) is 18.0. The fourth-order valence-electron chi connectivity index (χ4n) is 4.19. The summed E-state index contributed by atoms with van der Waals surface area (Å²) in [5, 5.41) is 10.8. The molecule has 2 N–H and O–H groups in total. The van der Waals surface area contributed by atoms with Crippen molar-refractivity contribution in [3.8, 4) is 22.4 Å². The Hall–Kier alpha value is -3.75. The van der Waals surface area contributed by atoms with E-state index in [9.17, 15) is 13.2 Å². The Labute approximate surface area is 190 Å². The van der Waals surface area contributed by atoms with Gasteiger partial charge in [-0.25, -0.2) is 18.1 Å². The number of primary sulfonamides is 1. The largest absolute Gasteiger partial charge is 0.293 e. The van der Waals surface area contributed by atoms with E-state index >= 15 is 0 Å². The Balaban J connectivity index is 1.84. The summed E-state index contributed by atoms with van der Waals surface area (Å²) in [6.45, 7) is 2.59. The summed E-state index contributed by atoms with van der Waals surface area (Å²) < 4.78 is 27.8. The molecule has 8 heteroatoms. The van der Waals surface area contributed by atoms with Crippen LogP contribution in [0.1, 0.15) is 13.3 Å². The van der Waals surface area contributed by atoms with E-state index in [0.717, 1.165) is 17.7 Å². The van der Waals surface area contributed by atoms with Gasteiger partial charge in [0.25, 0.3) is 5.56 Å². The van der Waals surface area contributed by atoms with Crippen LogP contribution >= 0.6 is 0 Å². The molecule has 33 heavy (non-hydrogen) atoms. The first-order valence-electron chi connectivity index (χ1n) is 10.6. The molecule has 0 unspecified atom stereocenters. The molecule has 166 valence electrons. The number of benzene rings is 3. The van der Waals surface area contributed by atoms with E-state index in [1.807, 2.05) is 43.3 Å². The molecule has 0 saturated carbocycles. The standard InChI is InChI=1S/C25H22N4O3S/c1-2-14-28-24-16-21(17-8-4-3-5-9-17)27-29(24)22-15-18(12-13-20(22)25(28)30)19-10-6-7-11-23(19)33(26,31)32/h3-13,15-16H,2,14H2,1H3,(H2,26,31,32). The van der Waals surface area contributed by atoms with Crippen molar-refractivity contribution < 1.29 is 8.42 Å². The van der Waals surface area contributed by atoms with Gasteiger partial charge in [0.1, 0.15) is 5.65 Å². The Morgan fingerprint density at radius 2 is 1.64 bits per heavy atom. The lowest BCUT2D eigenvalue weighted by atomic mass is 10.0. The summed E-state index contributed by atoms with van der Waals surface area (Å²) in [6, 6.07) is 23.5. The third-order valence-corrected chi connectivity index (χ3v) is 6.66. The van der Waals surface area contributed by atoms with Gasteiger partial charge in [0.2, 0.25) is 10.0 Å². The van der Waals surface area contributed by atoms with Crippen molar-refractivity contribution >= 4 is 26.6 Å². The van der Waals surface area contributed by atoms with Crippen molar-refractivity contribution in [2.75, 3.05) is 0 Å². The zero-order valence-corrected chi connectivity index (χ0v) is 18.8. The number of hydrogen-bond donors (Lipinski definition) is 1. The maximum Gasteiger partial charge on any atom is 0.261 e. The molecule has 0 fully saturated rings. The molecule has 0 atom stereocenters. The highest BCUT2D eigenvalue weighted by molar-refractivity contribution is 7.89. The van der Waals surface area contributed by atoms with E-state index in [4.69, 9.17) is 10.2 Å². The van der Waals surface area contributed by atoms with Crippen molar-refractivity contribution in [2.45, 2.75) is 24.8 Å². The number of aryl methyl sites for hydroxylation is 1. The van der Waals surface area contributed by atoms with E-state index in [-0.39, 0.29) is 10.5 Å². The van der Waals surface area contributed by atoms with Gasteiger partial charge in [-0.3, -0.25) is 9.36 Å². The Morgan fingerprint density at radius 1 is 0.909 bits per heavy atom. The average Bonchev–Trinajstić information content (AvgIpc) is 3.27. The van der Waals surface area contributed by atoms with Crippen LogP contribution in [0, 0.1) is 0 Å². The highest BCUT2D eigenvalue weighted by Crippen LogP contribution is 2.30. The lowest BCUT2D eigenvalue weighted by Crippen LogP contribution is -2.23. The average molecular weight is 459 g/mol. The van der Waals surface area contributed by atoms with Gasteiger partial charge in [-0.15, -0.1) is 0 Å². The van der Waals surface area contributed by atoms with Crippen LogP contribution in [0.25, 0.3) is 38.9 Å². The summed E-state index contributed by atoms with van der Waals surface area (Å²) >= 11 is 0. The fourth-order valence-corrected chi connectivity index (χ4v) is 4.95. The molecule has 0 spiro atoms. The summed E-state index contributed by atoms with van der Waals surface area (Å²) in [7, 11) is -3.92. The van der Waals surface area contributed by atoms with Gasteiger partial charge in [-0.1, -0.05) is 61.5 Å². The van der Waals surface area contributed by atoms with Gasteiger partial charge in [0.05, 0.1) is 21.5 Å². The van der Waals surface area contributed by atoms with Gasteiger partial charge < -0.3 is 0 Å². The number of fused-ring (bicyclic) bond motifs is 3. The minimum atomic E-state index is -3.92. The van der Waals surface area contributed by atoms with E-state index in [1.165, 1.54) is 6.07 Å². The predicted molar refractivity (Wildman–Crippen MR) is 129 cm³/mol. The Kier molecular flexibility index (Phi) is 5.11. The first kappa shape index (κ1) is 21.1. The second-order valence-electron chi connectivity index (χ2n) is 7.90. The molecule has 0 aliphatic carbocycles. The van der Waals surface area contributed by atoms with E-state index in [0.29, 0.717) is 34.2 Å². The predicted octanol–water partition coefficient (Wildman–Crippen LogP) is 4.04. The molecule has 0 aliphatic rings. The van der Waals surface area contributed by atoms with Crippen LogP contribution < -0.4 is 10.7 Å². The van der Waals surface area contributed by atoms with Gasteiger partial charge in [-0.05, 0) is 30.2 Å². The topological polar surface area (TPSA) is 99.5 Å². The van der Waals surface area contributed by atoms with Crippen LogP contribution in [-0.4, -0.2) is 22.6 Å². The molecular formula is C25H22N4O3S. The quantitative estimate of drug-likeness (QED) is 0.430. The minimum absolute atomic E-state index is 0.0327. The minimum Gasteiger partial charge on any atom is -0.293 e. The molecule has 0 radical (unpaired) electrons. The van der Waals surface area contributed by atoms with Crippen LogP contribution in [0.15, 0.2) is 88.6 Å². The number of sulfonamides is 1. The lowest BCUT2D eigenvalue weighted by Gasteiger charge is -2.12. The maximum absolute atomic E-state index is 13.4. The van der Waals surface area contributed by atoms with Crippen molar-refractivity contribution in [1.29, 1.82) is 0 Å². The number of aromatic nitrogens is 3. The lowest BCUT2D eigenvalue weighted by molar-refractivity contribution is 0.598. The van der Waals surface area contributed by atoms with Gasteiger partial charge in [0.15, 0.2) is 0 Å². The molecule has 2 heterocycles. The van der Waals surface area contributed by atoms with Crippen LogP contribution in [0.4, 0.5) is 0 Å². The monoisotopic (exact) mass is 458 g/mol. The Bertz CT molecular complexity index is 1670. The molecule has 0 aliphatic heterocycles. The molecule has 0 saturated heterocycles. The number of rotatable bonds is 5. The summed E-state index contributed by atoms with van der Waals surface area (Å²) in [6.07, 6.45) is 0.798. The van der Waals surface area contributed by atoms with Crippen LogP contribution in [0.5, 0.6) is 0 Å². The van der Waals surface area contributed by atoms with E-state index in [1.54, 1.807) is 45.5 Å². The van der Waals surface area contributed by atoms with Crippen LogP contribution in [0.2, 0.25) is 0 Å². The van der Waals surface area contributed by atoms with E-state index < -0.39 is 10.0 Å². The van der Waals surface area contributed by atoms with E-state index in [2.05, 4.69) is 0 Å². The molecule has 5 rings (SSSR count). The molecule has 0 amide bonds. The first-order chi connectivity index (χ1) is 15.9. The number of nitrogens with zero attached hydrogens (tertiary/aromatic N) is 3. The SMILES string of the molecule is CCCn1c(=O)c2ccc(-c3ccccc3S(N)(=O)=O)cc2n2nc(-c3ccccc3)cc12. The highest BCUT2D eigenvalue weighted by Gasteiger charge is 2.18. The fraction of sp³-hybridized carbons (Fsp3) is 0.120. The molecule has 3 aromatic carbocycles. The second kappa shape index (κ2) is 7.99. The smallest absolute Gasteiger partial charge is 0.261 e. The highest BCUT2D eigenvalue weighted by atomic mass is 32.2. The third kappa shape index (κ3) is 3.63. The Morgan fingerprint density at radius 3 is 2.36 bits per heavy atom. The summed E-state index contributed by atoms with van der Waals surface area (Å²) in [4.78, 5) is 13.4. The molecular weight excluding hydrogens is 436 g/mol. The van der Waals surface area contributed by atoms with Crippen LogP contribution in [0.3, 0.4) is 0 Å². The molecule has 5 aromatic rings. The van der Waals surface area contributed by atoms with Crippen LogP contribution in [-0.2, 0) is 16.6 Å². The number of hydrogen-bond acceptors (Lipinski definition) is 4. The zero-order chi connectivity index (χ0) is 23.2. The van der Waals surface area contributed by atoms with Crippen molar-refractivity contribution in [3.05, 3.63) is 89.2 Å². The van der Waals surface area contributed by atoms with Crippen molar-refractivity contribution in [2.24, 2.45) is 5.14 Å². The maximum atomic E-state index is 13.4. The summed E-state index contributed by atoms with van der Waals surface area (Å²) in [5.41, 5.74) is 3.99. The van der Waals surface area contributed by atoms with Crippen molar-refractivity contribution in [1.82, 2.24) is 14.2 Å².